The molecule has 0 radical (unpaired) electrons. The monoisotopic (exact) mass is 174 g/mol. The standard InChI is InChI=1S/C7H4F2O3/c8-4-2-1-3-5(6(4)9)12-7(10)11/h1-3H,(H,10,11). The van der Waals surface area contributed by atoms with E-state index in [-0.39, 0.29) is 0 Å². The molecule has 0 saturated carbocycles. The van der Waals surface area contributed by atoms with Crippen molar-refractivity contribution in [3.8, 4) is 5.75 Å². The molecule has 0 spiro atoms. The van der Waals surface area contributed by atoms with E-state index in [9.17, 15) is 13.6 Å². The van der Waals surface area contributed by atoms with Crippen LogP contribution in [0.4, 0.5) is 13.6 Å². The Hall–Kier alpha value is -1.65. The Morgan fingerprint density at radius 1 is 1.42 bits per heavy atom. The van der Waals surface area contributed by atoms with Crippen LogP contribution >= 0.6 is 0 Å². The number of ether oxygens (including phenoxy) is 1. The van der Waals surface area contributed by atoms with Crippen LogP contribution in [0.25, 0.3) is 0 Å². The van der Waals surface area contributed by atoms with Crippen LogP contribution in [-0.4, -0.2) is 11.3 Å². The van der Waals surface area contributed by atoms with Gasteiger partial charge in [-0.05, 0) is 12.1 Å². The van der Waals surface area contributed by atoms with Gasteiger partial charge in [-0.1, -0.05) is 6.07 Å². The molecule has 3 nitrogen and oxygen atoms in total. The van der Waals surface area contributed by atoms with Crippen LogP contribution in [0.2, 0.25) is 0 Å². The van der Waals surface area contributed by atoms with Crippen LogP contribution < -0.4 is 4.74 Å². The Balaban J connectivity index is 3.00. The zero-order valence-corrected chi connectivity index (χ0v) is 5.75. The van der Waals surface area contributed by atoms with Gasteiger partial charge in [0.1, 0.15) is 0 Å². The predicted molar refractivity (Wildman–Crippen MR) is 35.0 cm³/mol. The number of halogens is 2. The highest BCUT2D eigenvalue weighted by Gasteiger charge is 2.10. The predicted octanol–water partition coefficient (Wildman–Crippen LogP) is 2.02. The number of rotatable bonds is 1. The molecule has 64 valence electrons. The van der Waals surface area contributed by atoms with E-state index in [1.54, 1.807) is 0 Å². The van der Waals surface area contributed by atoms with Gasteiger partial charge in [0.25, 0.3) is 0 Å². The zero-order valence-electron chi connectivity index (χ0n) is 5.75. The summed E-state index contributed by atoms with van der Waals surface area (Å²) in [5.74, 6) is -3.09. The molecule has 0 aliphatic heterocycles. The molecule has 1 aromatic carbocycles. The summed E-state index contributed by atoms with van der Waals surface area (Å²) < 4.78 is 28.9. The lowest BCUT2D eigenvalue weighted by Crippen LogP contribution is -2.05. The second kappa shape index (κ2) is 3.17. The lowest BCUT2D eigenvalue weighted by atomic mass is 10.3. The van der Waals surface area contributed by atoms with E-state index in [0.29, 0.717) is 0 Å². The van der Waals surface area contributed by atoms with Gasteiger partial charge in [0.2, 0.25) is 5.82 Å². The molecule has 0 heterocycles. The normalized spacial score (nSPS) is 9.50. The number of hydrogen-bond acceptors (Lipinski definition) is 2. The molecule has 1 rings (SSSR count). The number of hydrogen-bond donors (Lipinski definition) is 1. The van der Waals surface area contributed by atoms with Crippen LogP contribution in [0.3, 0.4) is 0 Å². The van der Waals surface area contributed by atoms with Gasteiger partial charge in [0.05, 0.1) is 0 Å². The van der Waals surface area contributed by atoms with Gasteiger partial charge in [0, 0.05) is 0 Å². The van der Waals surface area contributed by atoms with Crippen molar-refractivity contribution in [2.45, 2.75) is 0 Å². The van der Waals surface area contributed by atoms with Crippen molar-refractivity contribution in [2.75, 3.05) is 0 Å². The average Bonchev–Trinajstić information content (AvgIpc) is 1.98. The van der Waals surface area contributed by atoms with E-state index in [2.05, 4.69) is 4.74 Å². The molecule has 0 amide bonds. The molecule has 0 fully saturated rings. The van der Waals surface area contributed by atoms with Crippen LogP contribution in [0.15, 0.2) is 18.2 Å². The fraction of sp³-hybridized carbons (Fsp3) is 0. The lowest BCUT2D eigenvalue weighted by molar-refractivity contribution is 0.142. The summed E-state index contributed by atoms with van der Waals surface area (Å²) in [6.45, 7) is 0. The van der Waals surface area contributed by atoms with Crippen molar-refractivity contribution in [2.24, 2.45) is 0 Å². The Morgan fingerprint density at radius 3 is 2.67 bits per heavy atom. The van der Waals surface area contributed by atoms with E-state index in [0.717, 1.165) is 18.2 Å². The minimum atomic E-state index is -1.68. The molecule has 12 heavy (non-hydrogen) atoms. The maximum absolute atomic E-state index is 12.6. The number of benzene rings is 1. The zero-order chi connectivity index (χ0) is 9.14. The first-order chi connectivity index (χ1) is 5.61. The molecule has 0 atom stereocenters. The minimum absolute atomic E-state index is 0.637. The molecule has 5 heteroatoms. The highest BCUT2D eigenvalue weighted by atomic mass is 19.2. The molecule has 0 aliphatic carbocycles. The summed E-state index contributed by atoms with van der Waals surface area (Å²) in [5, 5.41) is 8.07. The van der Waals surface area contributed by atoms with E-state index >= 15 is 0 Å². The topological polar surface area (TPSA) is 46.5 Å². The molecule has 0 saturated heterocycles. The molecule has 1 N–H and O–H groups in total. The summed E-state index contributed by atoms with van der Waals surface area (Å²) in [7, 11) is 0. The van der Waals surface area contributed by atoms with Crippen molar-refractivity contribution < 1.29 is 23.4 Å². The van der Waals surface area contributed by atoms with E-state index in [4.69, 9.17) is 5.11 Å². The largest absolute Gasteiger partial charge is 0.511 e. The second-order valence-electron chi connectivity index (χ2n) is 1.92. The molecule has 0 bridgehead atoms. The summed E-state index contributed by atoms with van der Waals surface area (Å²) in [6, 6.07) is 3.03. The summed E-state index contributed by atoms with van der Waals surface area (Å²) in [6.07, 6.45) is -1.68. The maximum Gasteiger partial charge on any atom is 0.511 e. The molecular weight excluding hydrogens is 170 g/mol. The summed E-state index contributed by atoms with van der Waals surface area (Å²) in [5.41, 5.74) is 0. The Bertz CT molecular complexity index is 312. The van der Waals surface area contributed by atoms with Gasteiger partial charge in [-0.2, -0.15) is 4.39 Å². The van der Waals surface area contributed by atoms with Crippen LogP contribution in [0.5, 0.6) is 5.75 Å². The quantitative estimate of drug-likeness (QED) is 0.523. The van der Waals surface area contributed by atoms with Crippen molar-refractivity contribution in [3.63, 3.8) is 0 Å². The third-order valence-corrected chi connectivity index (χ3v) is 1.11. The van der Waals surface area contributed by atoms with Gasteiger partial charge in [-0.25, -0.2) is 9.18 Å². The smallest absolute Gasteiger partial charge is 0.449 e. The minimum Gasteiger partial charge on any atom is -0.449 e. The van der Waals surface area contributed by atoms with Gasteiger partial charge in [-0.15, -0.1) is 0 Å². The molecule has 0 unspecified atom stereocenters. The van der Waals surface area contributed by atoms with Gasteiger partial charge < -0.3 is 9.84 Å². The van der Waals surface area contributed by atoms with Crippen LogP contribution in [-0.2, 0) is 0 Å². The van der Waals surface area contributed by atoms with Gasteiger partial charge in [-0.3, -0.25) is 0 Å². The van der Waals surface area contributed by atoms with E-state index in [1.807, 2.05) is 0 Å². The number of carboxylic acid groups (broad SMARTS) is 1. The van der Waals surface area contributed by atoms with Gasteiger partial charge in [0.15, 0.2) is 11.6 Å². The number of carbonyl (C=O) groups is 1. The Morgan fingerprint density at radius 2 is 2.08 bits per heavy atom. The molecule has 0 aromatic heterocycles. The molecule has 1 aromatic rings. The highest BCUT2D eigenvalue weighted by Crippen LogP contribution is 2.18. The third kappa shape index (κ3) is 1.69. The SMILES string of the molecule is O=C(O)Oc1cccc(F)c1F. The van der Waals surface area contributed by atoms with Crippen LogP contribution in [0, 0.1) is 11.6 Å². The van der Waals surface area contributed by atoms with Crippen molar-refractivity contribution in [1.29, 1.82) is 0 Å². The first-order valence-corrected chi connectivity index (χ1v) is 2.96. The highest BCUT2D eigenvalue weighted by molar-refractivity contribution is 5.61. The lowest BCUT2D eigenvalue weighted by Gasteiger charge is -2.00. The van der Waals surface area contributed by atoms with Gasteiger partial charge >= 0.3 is 6.16 Å². The van der Waals surface area contributed by atoms with Crippen LogP contribution in [0.1, 0.15) is 0 Å². The average molecular weight is 174 g/mol. The van der Waals surface area contributed by atoms with E-state index < -0.39 is 23.5 Å². The first kappa shape index (κ1) is 8.45. The van der Waals surface area contributed by atoms with Crippen molar-refractivity contribution in [3.05, 3.63) is 29.8 Å². The second-order valence-corrected chi connectivity index (χ2v) is 1.92. The molecular formula is C7H4F2O3. The summed E-state index contributed by atoms with van der Waals surface area (Å²) in [4.78, 5) is 9.92. The maximum atomic E-state index is 12.6. The third-order valence-electron chi connectivity index (χ3n) is 1.11. The summed E-state index contributed by atoms with van der Waals surface area (Å²) >= 11 is 0. The fourth-order valence-corrected chi connectivity index (χ4v) is 0.657. The Kier molecular flexibility index (Phi) is 2.23. The first-order valence-electron chi connectivity index (χ1n) is 2.96. The molecule has 0 aliphatic rings. The van der Waals surface area contributed by atoms with Crippen molar-refractivity contribution in [1.82, 2.24) is 0 Å². The van der Waals surface area contributed by atoms with Crippen molar-refractivity contribution >= 4 is 6.16 Å². The Labute approximate surface area is 66.2 Å². The van der Waals surface area contributed by atoms with E-state index in [1.165, 1.54) is 0 Å². The fourth-order valence-electron chi connectivity index (χ4n) is 0.657.